The van der Waals surface area contributed by atoms with Crippen molar-refractivity contribution in [1.29, 1.82) is 0 Å². The van der Waals surface area contributed by atoms with E-state index in [2.05, 4.69) is 13.8 Å². The summed E-state index contributed by atoms with van der Waals surface area (Å²) in [6, 6.07) is 0. The summed E-state index contributed by atoms with van der Waals surface area (Å²) in [5, 5.41) is 8.77. The smallest absolute Gasteiger partial charge is 0.308 e. The number of carbonyl (C=O) groups excluding carboxylic acids is 1. The van der Waals surface area contributed by atoms with Crippen LogP contribution in [0.5, 0.6) is 0 Å². The van der Waals surface area contributed by atoms with Gasteiger partial charge in [-0.25, -0.2) is 0 Å². The zero-order chi connectivity index (χ0) is 18.6. The minimum atomic E-state index is 0.0345. The second kappa shape index (κ2) is 19.8. The van der Waals surface area contributed by atoms with Gasteiger partial charge in [-0.05, 0) is 32.1 Å². The van der Waals surface area contributed by atoms with Crippen molar-refractivity contribution < 1.29 is 14.6 Å². The average Bonchev–Trinajstić information content (AvgIpc) is 2.62. The molecule has 0 aromatic carbocycles. The van der Waals surface area contributed by atoms with Crippen molar-refractivity contribution in [2.75, 3.05) is 13.2 Å². The summed E-state index contributed by atoms with van der Waals surface area (Å²) in [4.78, 5) is 12.4. The first-order chi connectivity index (χ1) is 12.3. The SMILES string of the molecule is CCCCCCCCC(CCCCCC)C(=O)OCCCCCCO. The Morgan fingerprint density at radius 2 is 1.20 bits per heavy atom. The summed E-state index contributed by atoms with van der Waals surface area (Å²) in [6.45, 7) is 5.27. The summed E-state index contributed by atoms with van der Waals surface area (Å²) in [5.41, 5.74) is 0. The molecule has 0 aliphatic heterocycles. The van der Waals surface area contributed by atoms with E-state index in [0.29, 0.717) is 6.61 Å². The lowest BCUT2D eigenvalue weighted by atomic mass is 9.94. The maximum atomic E-state index is 12.4. The van der Waals surface area contributed by atoms with Gasteiger partial charge in [0, 0.05) is 6.61 Å². The molecule has 0 saturated carbocycles. The molecule has 3 heteroatoms. The molecule has 0 saturated heterocycles. The van der Waals surface area contributed by atoms with Crippen LogP contribution in [0.2, 0.25) is 0 Å². The second-order valence-corrected chi connectivity index (χ2v) is 7.41. The van der Waals surface area contributed by atoms with Gasteiger partial charge in [-0.2, -0.15) is 0 Å². The van der Waals surface area contributed by atoms with Crippen LogP contribution in [0.4, 0.5) is 0 Å². The molecule has 0 amide bonds. The summed E-state index contributed by atoms with van der Waals surface area (Å²) in [6.07, 6.45) is 18.4. The van der Waals surface area contributed by atoms with E-state index in [1.165, 1.54) is 51.4 Å². The van der Waals surface area contributed by atoms with E-state index in [0.717, 1.165) is 51.4 Å². The molecule has 1 atom stereocenters. The Balaban J connectivity index is 3.97. The molecule has 0 radical (unpaired) electrons. The number of ether oxygens (including phenoxy) is 1. The van der Waals surface area contributed by atoms with Gasteiger partial charge in [0.25, 0.3) is 0 Å². The molecule has 0 aromatic heterocycles. The quantitative estimate of drug-likeness (QED) is 0.214. The van der Waals surface area contributed by atoms with Crippen LogP contribution in [0.15, 0.2) is 0 Å². The fourth-order valence-corrected chi connectivity index (χ4v) is 3.23. The number of aliphatic hydroxyl groups is 1. The van der Waals surface area contributed by atoms with Gasteiger partial charge in [0.2, 0.25) is 0 Å². The molecule has 0 rings (SSSR count). The maximum absolute atomic E-state index is 12.4. The van der Waals surface area contributed by atoms with Gasteiger partial charge < -0.3 is 9.84 Å². The van der Waals surface area contributed by atoms with E-state index in [9.17, 15) is 4.79 Å². The fraction of sp³-hybridized carbons (Fsp3) is 0.955. The molecule has 3 nitrogen and oxygen atoms in total. The molecule has 0 fully saturated rings. The molecule has 0 spiro atoms. The Morgan fingerprint density at radius 3 is 1.80 bits per heavy atom. The number of esters is 1. The summed E-state index contributed by atoms with van der Waals surface area (Å²) in [7, 11) is 0. The summed E-state index contributed by atoms with van der Waals surface area (Å²) in [5.74, 6) is 0.146. The molecule has 150 valence electrons. The standard InChI is InChI=1S/C22H44O3/c1-3-5-7-9-10-14-18-21(17-13-8-6-4-2)22(24)25-20-16-12-11-15-19-23/h21,23H,3-20H2,1-2H3. The first kappa shape index (κ1) is 24.4. The first-order valence-corrected chi connectivity index (χ1v) is 11.0. The molecule has 0 heterocycles. The number of hydrogen-bond donors (Lipinski definition) is 1. The molecule has 0 aromatic rings. The highest BCUT2D eigenvalue weighted by Gasteiger charge is 2.19. The van der Waals surface area contributed by atoms with E-state index < -0.39 is 0 Å². The third-order valence-corrected chi connectivity index (χ3v) is 4.94. The number of rotatable bonds is 19. The van der Waals surface area contributed by atoms with Gasteiger partial charge in [-0.3, -0.25) is 4.79 Å². The molecule has 25 heavy (non-hydrogen) atoms. The fourth-order valence-electron chi connectivity index (χ4n) is 3.23. The van der Waals surface area contributed by atoms with Gasteiger partial charge in [0.1, 0.15) is 0 Å². The van der Waals surface area contributed by atoms with Crippen molar-refractivity contribution in [3.8, 4) is 0 Å². The average molecular weight is 357 g/mol. The predicted molar refractivity (Wildman–Crippen MR) is 107 cm³/mol. The van der Waals surface area contributed by atoms with E-state index >= 15 is 0 Å². The Kier molecular flexibility index (Phi) is 19.3. The zero-order valence-electron chi connectivity index (χ0n) is 17.1. The molecular weight excluding hydrogens is 312 g/mol. The third-order valence-electron chi connectivity index (χ3n) is 4.94. The lowest BCUT2D eigenvalue weighted by Gasteiger charge is -2.16. The molecule has 1 N–H and O–H groups in total. The van der Waals surface area contributed by atoms with Crippen molar-refractivity contribution >= 4 is 5.97 Å². The van der Waals surface area contributed by atoms with Crippen molar-refractivity contribution in [1.82, 2.24) is 0 Å². The second-order valence-electron chi connectivity index (χ2n) is 7.41. The van der Waals surface area contributed by atoms with Gasteiger partial charge >= 0.3 is 5.97 Å². The van der Waals surface area contributed by atoms with Crippen molar-refractivity contribution in [3.63, 3.8) is 0 Å². The molecule has 0 aliphatic carbocycles. The molecule has 0 bridgehead atoms. The molecular formula is C22H44O3. The molecule has 0 aliphatic rings. The highest BCUT2D eigenvalue weighted by Crippen LogP contribution is 2.20. The van der Waals surface area contributed by atoms with Gasteiger partial charge in [0.15, 0.2) is 0 Å². The number of carbonyl (C=O) groups is 1. The van der Waals surface area contributed by atoms with Crippen LogP contribution in [0.3, 0.4) is 0 Å². The highest BCUT2D eigenvalue weighted by molar-refractivity contribution is 5.72. The van der Waals surface area contributed by atoms with Crippen molar-refractivity contribution in [2.24, 2.45) is 5.92 Å². The number of aliphatic hydroxyl groups excluding tert-OH is 1. The lowest BCUT2D eigenvalue weighted by molar-refractivity contribution is -0.149. The van der Waals surface area contributed by atoms with Crippen LogP contribution in [0.1, 0.15) is 117 Å². The topological polar surface area (TPSA) is 46.5 Å². The van der Waals surface area contributed by atoms with Crippen LogP contribution in [0.25, 0.3) is 0 Å². The van der Waals surface area contributed by atoms with Crippen LogP contribution < -0.4 is 0 Å². The van der Waals surface area contributed by atoms with Crippen LogP contribution in [0, 0.1) is 5.92 Å². The zero-order valence-corrected chi connectivity index (χ0v) is 17.1. The summed E-state index contributed by atoms with van der Waals surface area (Å²) >= 11 is 0. The molecule has 1 unspecified atom stereocenters. The Bertz CT molecular complexity index is 278. The highest BCUT2D eigenvalue weighted by atomic mass is 16.5. The largest absolute Gasteiger partial charge is 0.465 e. The van der Waals surface area contributed by atoms with Crippen LogP contribution in [-0.4, -0.2) is 24.3 Å². The normalized spacial score (nSPS) is 12.3. The number of unbranched alkanes of at least 4 members (excludes halogenated alkanes) is 11. The van der Waals surface area contributed by atoms with Gasteiger partial charge in [-0.15, -0.1) is 0 Å². The van der Waals surface area contributed by atoms with Crippen LogP contribution in [-0.2, 0) is 9.53 Å². The lowest BCUT2D eigenvalue weighted by Crippen LogP contribution is -2.18. The van der Waals surface area contributed by atoms with Crippen molar-refractivity contribution in [3.05, 3.63) is 0 Å². The van der Waals surface area contributed by atoms with Crippen LogP contribution >= 0.6 is 0 Å². The first-order valence-electron chi connectivity index (χ1n) is 11.0. The van der Waals surface area contributed by atoms with E-state index in [-0.39, 0.29) is 18.5 Å². The Morgan fingerprint density at radius 1 is 0.720 bits per heavy atom. The monoisotopic (exact) mass is 356 g/mol. The maximum Gasteiger partial charge on any atom is 0.308 e. The van der Waals surface area contributed by atoms with E-state index in [4.69, 9.17) is 9.84 Å². The van der Waals surface area contributed by atoms with E-state index in [1.807, 2.05) is 0 Å². The van der Waals surface area contributed by atoms with Gasteiger partial charge in [-0.1, -0.05) is 84.5 Å². The van der Waals surface area contributed by atoms with E-state index in [1.54, 1.807) is 0 Å². The minimum Gasteiger partial charge on any atom is -0.465 e. The summed E-state index contributed by atoms with van der Waals surface area (Å²) < 4.78 is 5.54. The Hall–Kier alpha value is -0.570. The Labute approximate surface area is 156 Å². The van der Waals surface area contributed by atoms with Gasteiger partial charge in [0.05, 0.1) is 12.5 Å². The van der Waals surface area contributed by atoms with Crippen molar-refractivity contribution in [2.45, 2.75) is 117 Å². The third kappa shape index (κ3) is 16.6. The predicted octanol–water partition coefficient (Wildman–Crippen LogP) is 6.42. The number of hydrogen-bond acceptors (Lipinski definition) is 3. The minimum absolute atomic E-state index is 0.0345.